The first-order valence-electron chi connectivity index (χ1n) is 7.37. The second-order valence-electron chi connectivity index (χ2n) is 5.09. The summed E-state index contributed by atoms with van der Waals surface area (Å²) in [6.45, 7) is 3.37. The van der Waals surface area contributed by atoms with Gasteiger partial charge >= 0.3 is 12.0 Å². The van der Waals surface area contributed by atoms with Crippen LogP contribution in [-0.2, 0) is 9.53 Å². The van der Waals surface area contributed by atoms with E-state index in [1.807, 2.05) is 0 Å². The van der Waals surface area contributed by atoms with Crippen molar-refractivity contribution >= 4 is 29.3 Å². The van der Waals surface area contributed by atoms with Crippen LogP contribution in [0.4, 0.5) is 10.5 Å². The molecule has 134 valence electrons. The molecule has 0 saturated heterocycles. The third kappa shape index (κ3) is 4.38. The lowest BCUT2D eigenvalue weighted by molar-refractivity contribution is -0.384. The van der Waals surface area contributed by atoms with Crippen LogP contribution in [-0.4, -0.2) is 36.2 Å². The number of ether oxygens (including phenoxy) is 2. The van der Waals surface area contributed by atoms with Gasteiger partial charge in [0.2, 0.25) is 0 Å². The molecule has 1 aromatic carbocycles. The molecule has 1 aromatic rings. The summed E-state index contributed by atoms with van der Waals surface area (Å²) in [4.78, 5) is 33.9. The van der Waals surface area contributed by atoms with Crippen molar-refractivity contribution in [3.8, 4) is 5.75 Å². The number of carbonyl (C=O) groups is 2. The molecule has 1 aliphatic rings. The van der Waals surface area contributed by atoms with Crippen molar-refractivity contribution in [2.75, 3.05) is 13.2 Å². The molecule has 0 radical (unpaired) electrons. The van der Waals surface area contributed by atoms with Gasteiger partial charge in [-0.3, -0.25) is 10.1 Å². The van der Waals surface area contributed by atoms with E-state index in [0.29, 0.717) is 0 Å². The van der Waals surface area contributed by atoms with E-state index in [1.165, 1.54) is 18.2 Å². The molecule has 1 unspecified atom stereocenters. The highest BCUT2D eigenvalue weighted by atomic mass is 35.5. The SMILES string of the molecule is CCOC(=O)C1=C(COc2ccc([N+](=O)[O-])c(Cl)c2)NC(=O)NC1C. The first-order valence-corrected chi connectivity index (χ1v) is 7.75. The molecule has 0 saturated carbocycles. The summed E-state index contributed by atoms with van der Waals surface area (Å²) in [5.74, 6) is -0.311. The van der Waals surface area contributed by atoms with Gasteiger partial charge in [-0.25, -0.2) is 9.59 Å². The Balaban J connectivity index is 2.21. The van der Waals surface area contributed by atoms with Crippen LogP contribution in [0.15, 0.2) is 29.5 Å². The predicted molar refractivity (Wildman–Crippen MR) is 88.4 cm³/mol. The Morgan fingerprint density at radius 1 is 1.44 bits per heavy atom. The van der Waals surface area contributed by atoms with Crippen molar-refractivity contribution in [1.82, 2.24) is 10.6 Å². The lowest BCUT2D eigenvalue weighted by Gasteiger charge is -2.26. The molecular weight excluding hydrogens is 354 g/mol. The lowest BCUT2D eigenvalue weighted by atomic mass is 10.0. The number of hydrogen-bond acceptors (Lipinski definition) is 6. The summed E-state index contributed by atoms with van der Waals surface area (Å²) in [7, 11) is 0. The Morgan fingerprint density at radius 3 is 2.76 bits per heavy atom. The van der Waals surface area contributed by atoms with Gasteiger partial charge in [0.1, 0.15) is 17.4 Å². The molecule has 1 atom stereocenters. The second-order valence-corrected chi connectivity index (χ2v) is 5.50. The number of urea groups is 1. The number of nitrogens with one attached hydrogen (secondary N) is 2. The summed E-state index contributed by atoms with van der Waals surface area (Å²) < 4.78 is 10.5. The summed E-state index contributed by atoms with van der Waals surface area (Å²) in [5, 5.41) is 15.8. The minimum absolute atomic E-state index is 0.0789. The minimum atomic E-state index is -0.609. The molecule has 2 N–H and O–H groups in total. The molecule has 1 heterocycles. The highest BCUT2D eigenvalue weighted by Crippen LogP contribution is 2.28. The average molecular weight is 370 g/mol. The normalized spacial score (nSPS) is 16.8. The monoisotopic (exact) mass is 369 g/mol. The highest BCUT2D eigenvalue weighted by molar-refractivity contribution is 6.32. The standard InChI is InChI=1S/C15H16ClN3O6/c1-3-24-14(20)13-8(2)17-15(21)18-11(13)7-25-9-4-5-12(19(22)23)10(16)6-9/h4-6,8H,3,7H2,1-2H3,(H2,17,18,21). The van der Waals surface area contributed by atoms with E-state index >= 15 is 0 Å². The summed E-state index contributed by atoms with van der Waals surface area (Å²) >= 11 is 5.83. The van der Waals surface area contributed by atoms with Crippen molar-refractivity contribution in [2.24, 2.45) is 0 Å². The van der Waals surface area contributed by atoms with E-state index in [1.54, 1.807) is 13.8 Å². The van der Waals surface area contributed by atoms with Crippen LogP contribution < -0.4 is 15.4 Å². The van der Waals surface area contributed by atoms with Crippen molar-refractivity contribution < 1.29 is 24.0 Å². The number of nitrogens with zero attached hydrogens (tertiary/aromatic N) is 1. The molecule has 0 fully saturated rings. The number of halogens is 1. The van der Waals surface area contributed by atoms with E-state index < -0.39 is 23.0 Å². The van der Waals surface area contributed by atoms with Crippen LogP contribution in [0.5, 0.6) is 5.75 Å². The zero-order valence-electron chi connectivity index (χ0n) is 13.5. The van der Waals surface area contributed by atoms with Crippen LogP contribution in [0, 0.1) is 10.1 Å². The molecule has 0 bridgehead atoms. The van der Waals surface area contributed by atoms with E-state index in [-0.39, 0.29) is 40.9 Å². The molecular formula is C15H16ClN3O6. The van der Waals surface area contributed by atoms with Crippen molar-refractivity contribution in [3.63, 3.8) is 0 Å². The van der Waals surface area contributed by atoms with E-state index in [4.69, 9.17) is 21.1 Å². The fourth-order valence-corrected chi connectivity index (χ4v) is 2.51. The third-order valence-electron chi connectivity index (χ3n) is 3.36. The van der Waals surface area contributed by atoms with Crippen LogP contribution >= 0.6 is 11.6 Å². The molecule has 0 aliphatic carbocycles. The van der Waals surface area contributed by atoms with Crippen LogP contribution in [0.2, 0.25) is 5.02 Å². The quantitative estimate of drug-likeness (QED) is 0.450. The van der Waals surface area contributed by atoms with Gasteiger partial charge in [-0.05, 0) is 19.9 Å². The Kier molecular flexibility index (Phi) is 5.81. The van der Waals surface area contributed by atoms with Crippen LogP contribution in [0.3, 0.4) is 0 Å². The van der Waals surface area contributed by atoms with Gasteiger partial charge in [0.15, 0.2) is 0 Å². The van der Waals surface area contributed by atoms with E-state index in [9.17, 15) is 19.7 Å². The van der Waals surface area contributed by atoms with Crippen molar-refractivity contribution in [3.05, 3.63) is 44.6 Å². The summed E-state index contributed by atoms with van der Waals surface area (Å²) in [6, 6.07) is 2.85. The Labute approximate surface area is 148 Å². The van der Waals surface area contributed by atoms with Gasteiger partial charge in [0, 0.05) is 12.1 Å². The molecule has 0 spiro atoms. The smallest absolute Gasteiger partial charge is 0.338 e. The largest absolute Gasteiger partial charge is 0.487 e. The Morgan fingerprint density at radius 2 is 2.16 bits per heavy atom. The molecule has 1 aliphatic heterocycles. The molecule has 2 amide bonds. The van der Waals surface area contributed by atoms with Crippen molar-refractivity contribution in [1.29, 1.82) is 0 Å². The van der Waals surface area contributed by atoms with E-state index in [2.05, 4.69) is 10.6 Å². The second kappa shape index (κ2) is 7.84. The maximum atomic E-state index is 12.1. The fraction of sp³-hybridized carbons (Fsp3) is 0.333. The topological polar surface area (TPSA) is 120 Å². The minimum Gasteiger partial charge on any atom is -0.487 e. The molecule has 2 rings (SSSR count). The van der Waals surface area contributed by atoms with Gasteiger partial charge in [-0.15, -0.1) is 0 Å². The summed E-state index contributed by atoms with van der Waals surface area (Å²) in [6.07, 6.45) is 0. The lowest BCUT2D eigenvalue weighted by Crippen LogP contribution is -2.50. The number of nitro benzene ring substituents is 1. The number of benzene rings is 1. The van der Waals surface area contributed by atoms with Gasteiger partial charge < -0.3 is 20.1 Å². The highest BCUT2D eigenvalue weighted by Gasteiger charge is 2.30. The van der Waals surface area contributed by atoms with Crippen molar-refractivity contribution in [2.45, 2.75) is 19.9 Å². The zero-order valence-corrected chi connectivity index (χ0v) is 14.3. The molecule has 10 heteroatoms. The number of nitro groups is 1. The average Bonchev–Trinajstić information content (AvgIpc) is 2.52. The fourth-order valence-electron chi connectivity index (χ4n) is 2.27. The van der Waals surface area contributed by atoms with Gasteiger partial charge in [-0.2, -0.15) is 0 Å². The van der Waals surface area contributed by atoms with E-state index in [0.717, 1.165) is 0 Å². The molecule has 25 heavy (non-hydrogen) atoms. The van der Waals surface area contributed by atoms with Crippen LogP contribution in [0.1, 0.15) is 13.8 Å². The number of hydrogen-bond donors (Lipinski definition) is 2. The predicted octanol–water partition coefficient (Wildman–Crippen LogP) is 2.15. The maximum absolute atomic E-state index is 12.1. The Hall–Kier alpha value is -2.81. The van der Waals surface area contributed by atoms with Gasteiger partial charge in [0.05, 0.1) is 28.8 Å². The zero-order chi connectivity index (χ0) is 18.6. The first kappa shape index (κ1) is 18.5. The molecule has 0 aromatic heterocycles. The number of esters is 1. The first-order chi connectivity index (χ1) is 11.8. The number of rotatable bonds is 6. The van der Waals surface area contributed by atoms with Gasteiger partial charge in [-0.1, -0.05) is 11.6 Å². The van der Waals surface area contributed by atoms with Gasteiger partial charge in [0.25, 0.3) is 5.69 Å². The number of carbonyl (C=O) groups excluding carboxylic acids is 2. The summed E-state index contributed by atoms with van der Waals surface area (Å²) in [5.41, 5.74) is 0.253. The Bertz CT molecular complexity index is 749. The van der Waals surface area contributed by atoms with Crippen LogP contribution in [0.25, 0.3) is 0 Å². The molecule has 9 nitrogen and oxygen atoms in total. The third-order valence-corrected chi connectivity index (χ3v) is 3.67. The number of amides is 2. The maximum Gasteiger partial charge on any atom is 0.338 e.